The Kier molecular flexibility index (Phi) is 4.19. The molecular formula is C14H29NO3. The molecule has 1 saturated heterocycles. The molecule has 1 rings (SSSR count). The van der Waals surface area contributed by atoms with E-state index in [1.807, 2.05) is 20.8 Å². The third-order valence-corrected chi connectivity index (χ3v) is 5.76. The lowest BCUT2D eigenvalue weighted by Crippen LogP contribution is -2.79. The summed E-state index contributed by atoms with van der Waals surface area (Å²) in [5.74, 6) is 0. The Morgan fingerprint density at radius 1 is 1.17 bits per heavy atom. The van der Waals surface area contributed by atoms with E-state index >= 15 is 0 Å². The molecular weight excluding hydrogens is 230 g/mol. The van der Waals surface area contributed by atoms with Gasteiger partial charge in [0.1, 0.15) is 6.79 Å². The van der Waals surface area contributed by atoms with Crippen molar-refractivity contribution in [2.24, 2.45) is 11.1 Å². The number of aliphatic hydroxyl groups is 1. The van der Waals surface area contributed by atoms with Gasteiger partial charge < -0.3 is 20.3 Å². The minimum atomic E-state index is -0.680. The standard InChI is InChI=1S/C14H29NO3/c1-7-11(3)9-17-12(4,8-2)13(5,15)14(11,6)18-10-16/h16H,7-10,15H2,1-6H3. The van der Waals surface area contributed by atoms with Crippen molar-refractivity contribution in [1.82, 2.24) is 0 Å². The minimum absolute atomic E-state index is 0.214. The normalized spacial score (nSPS) is 49.3. The smallest absolute Gasteiger partial charge is 0.144 e. The van der Waals surface area contributed by atoms with Crippen LogP contribution in [0.5, 0.6) is 0 Å². The van der Waals surface area contributed by atoms with Crippen molar-refractivity contribution in [3.05, 3.63) is 0 Å². The third-order valence-electron chi connectivity index (χ3n) is 5.76. The Hall–Kier alpha value is -0.160. The van der Waals surface area contributed by atoms with E-state index in [9.17, 15) is 5.11 Å². The summed E-state index contributed by atoms with van der Waals surface area (Å²) in [5.41, 5.74) is 4.64. The number of ether oxygens (including phenoxy) is 2. The van der Waals surface area contributed by atoms with E-state index in [0.29, 0.717) is 6.61 Å². The lowest BCUT2D eigenvalue weighted by atomic mass is 9.56. The van der Waals surface area contributed by atoms with Crippen LogP contribution in [0.4, 0.5) is 0 Å². The van der Waals surface area contributed by atoms with Gasteiger partial charge in [0.2, 0.25) is 0 Å². The van der Waals surface area contributed by atoms with Gasteiger partial charge in [0.05, 0.1) is 23.3 Å². The number of rotatable bonds is 4. The van der Waals surface area contributed by atoms with Crippen molar-refractivity contribution in [3.63, 3.8) is 0 Å². The predicted octanol–water partition coefficient (Wildman–Crippen LogP) is 2.04. The topological polar surface area (TPSA) is 64.7 Å². The minimum Gasteiger partial charge on any atom is -0.373 e. The third kappa shape index (κ3) is 1.82. The predicted molar refractivity (Wildman–Crippen MR) is 72.2 cm³/mol. The highest BCUT2D eigenvalue weighted by Gasteiger charge is 2.65. The van der Waals surface area contributed by atoms with Gasteiger partial charge in [-0.25, -0.2) is 0 Å². The Morgan fingerprint density at radius 3 is 2.11 bits per heavy atom. The number of hydrogen-bond donors (Lipinski definition) is 2. The molecule has 0 radical (unpaired) electrons. The van der Waals surface area contributed by atoms with Crippen LogP contribution in [-0.4, -0.2) is 35.2 Å². The molecule has 4 heteroatoms. The Labute approximate surface area is 111 Å². The molecule has 3 N–H and O–H groups in total. The highest BCUT2D eigenvalue weighted by atomic mass is 16.6. The summed E-state index contributed by atoms with van der Waals surface area (Å²) >= 11 is 0. The van der Waals surface area contributed by atoms with Gasteiger partial charge in [0.15, 0.2) is 0 Å². The monoisotopic (exact) mass is 259 g/mol. The molecule has 0 bridgehead atoms. The first-order chi connectivity index (χ1) is 8.14. The summed E-state index contributed by atoms with van der Waals surface area (Å²) in [4.78, 5) is 0. The summed E-state index contributed by atoms with van der Waals surface area (Å²) in [7, 11) is 0. The van der Waals surface area contributed by atoms with Crippen LogP contribution in [0.1, 0.15) is 54.4 Å². The molecule has 0 aromatic rings. The molecule has 4 unspecified atom stereocenters. The second kappa shape index (κ2) is 4.75. The van der Waals surface area contributed by atoms with Crippen LogP contribution in [0, 0.1) is 5.41 Å². The summed E-state index contributed by atoms with van der Waals surface area (Å²) < 4.78 is 11.8. The molecule has 1 fully saturated rings. The Bertz CT molecular complexity index is 307. The molecule has 0 saturated carbocycles. The fourth-order valence-electron chi connectivity index (χ4n) is 3.10. The SMILES string of the molecule is CCC1(C)COC(C)(CC)C(C)(N)C1(C)OCO. The maximum absolute atomic E-state index is 9.27. The van der Waals surface area contributed by atoms with Crippen molar-refractivity contribution in [2.75, 3.05) is 13.4 Å². The number of hydrogen-bond acceptors (Lipinski definition) is 4. The molecule has 1 aliphatic rings. The largest absolute Gasteiger partial charge is 0.373 e. The zero-order valence-electron chi connectivity index (χ0n) is 12.7. The summed E-state index contributed by atoms with van der Waals surface area (Å²) in [6.07, 6.45) is 1.69. The van der Waals surface area contributed by atoms with Crippen molar-refractivity contribution in [2.45, 2.75) is 71.1 Å². The second-order valence-corrected chi connectivity index (χ2v) is 6.30. The van der Waals surface area contributed by atoms with Gasteiger partial charge in [-0.2, -0.15) is 0 Å². The maximum atomic E-state index is 9.27. The van der Waals surface area contributed by atoms with E-state index in [-0.39, 0.29) is 12.2 Å². The molecule has 4 nitrogen and oxygen atoms in total. The lowest BCUT2D eigenvalue weighted by Gasteiger charge is -2.64. The van der Waals surface area contributed by atoms with Gasteiger partial charge in [-0.3, -0.25) is 0 Å². The van der Waals surface area contributed by atoms with Crippen molar-refractivity contribution in [3.8, 4) is 0 Å². The molecule has 0 aromatic heterocycles. The molecule has 1 heterocycles. The molecule has 0 amide bonds. The Balaban J connectivity index is 3.32. The van der Waals surface area contributed by atoms with E-state index < -0.39 is 16.7 Å². The summed E-state index contributed by atoms with van der Waals surface area (Å²) in [6.45, 7) is 12.6. The van der Waals surface area contributed by atoms with Gasteiger partial charge in [-0.15, -0.1) is 0 Å². The average Bonchev–Trinajstić information content (AvgIpc) is 2.33. The quantitative estimate of drug-likeness (QED) is 0.758. The first kappa shape index (κ1) is 15.9. The van der Waals surface area contributed by atoms with Crippen molar-refractivity contribution in [1.29, 1.82) is 0 Å². The van der Waals surface area contributed by atoms with Gasteiger partial charge in [-0.1, -0.05) is 20.8 Å². The van der Waals surface area contributed by atoms with Crippen LogP contribution in [0.25, 0.3) is 0 Å². The maximum Gasteiger partial charge on any atom is 0.144 e. The molecule has 1 aliphatic heterocycles. The van der Waals surface area contributed by atoms with E-state index in [4.69, 9.17) is 15.2 Å². The van der Waals surface area contributed by atoms with Crippen LogP contribution in [0.3, 0.4) is 0 Å². The summed E-state index contributed by atoms with van der Waals surface area (Å²) in [5, 5.41) is 9.27. The number of aliphatic hydroxyl groups excluding tert-OH is 1. The molecule has 108 valence electrons. The highest BCUT2D eigenvalue weighted by molar-refractivity contribution is 5.19. The van der Waals surface area contributed by atoms with Crippen LogP contribution in [0.2, 0.25) is 0 Å². The van der Waals surface area contributed by atoms with E-state index in [2.05, 4.69) is 20.8 Å². The molecule has 4 atom stereocenters. The fourth-order valence-corrected chi connectivity index (χ4v) is 3.10. The first-order valence-corrected chi connectivity index (χ1v) is 6.82. The number of nitrogens with two attached hydrogens (primary N) is 1. The van der Waals surface area contributed by atoms with E-state index in [1.54, 1.807) is 0 Å². The molecule has 0 spiro atoms. The van der Waals surface area contributed by atoms with Crippen LogP contribution >= 0.6 is 0 Å². The summed E-state index contributed by atoms with van der Waals surface area (Å²) in [6, 6.07) is 0. The van der Waals surface area contributed by atoms with E-state index in [0.717, 1.165) is 12.8 Å². The first-order valence-electron chi connectivity index (χ1n) is 6.82. The van der Waals surface area contributed by atoms with Crippen molar-refractivity contribution < 1.29 is 14.6 Å². The average molecular weight is 259 g/mol. The van der Waals surface area contributed by atoms with Crippen LogP contribution < -0.4 is 5.73 Å². The highest BCUT2D eigenvalue weighted by Crippen LogP contribution is 2.53. The van der Waals surface area contributed by atoms with Crippen LogP contribution in [-0.2, 0) is 9.47 Å². The molecule has 0 aliphatic carbocycles. The van der Waals surface area contributed by atoms with E-state index in [1.165, 1.54) is 0 Å². The Morgan fingerprint density at radius 2 is 1.72 bits per heavy atom. The molecule has 18 heavy (non-hydrogen) atoms. The van der Waals surface area contributed by atoms with Crippen LogP contribution in [0.15, 0.2) is 0 Å². The van der Waals surface area contributed by atoms with Gasteiger partial charge in [0, 0.05) is 5.41 Å². The van der Waals surface area contributed by atoms with Gasteiger partial charge in [-0.05, 0) is 33.6 Å². The second-order valence-electron chi connectivity index (χ2n) is 6.30. The van der Waals surface area contributed by atoms with Gasteiger partial charge >= 0.3 is 0 Å². The molecule has 0 aromatic carbocycles. The van der Waals surface area contributed by atoms with Crippen molar-refractivity contribution >= 4 is 0 Å². The lowest BCUT2D eigenvalue weighted by molar-refractivity contribution is -0.298. The zero-order valence-corrected chi connectivity index (χ0v) is 12.7. The van der Waals surface area contributed by atoms with Gasteiger partial charge in [0.25, 0.3) is 0 Å². The fraction of sp³-hybridized carbons (Fsp3) is 1.00. The zero-order chi connectivity index (χ0) is 14.2.